The molecule has 2 rings (SSSR count). The fourth-order valence-electron chi connectivity index (χ4n) is 2.48. The molecule has 1 aromatic rings. The molecule has 2 amide bonds. The lowest BCUT2D eigenvalue weighted by molar-refractivity contribution is -0.134. The first-order valence-corrected chi connectivity index (χ1v) is 8.88. The van der Waals surface area contributed by atoms with Crippen LogP contribution in [0.15, 0.2) is 23.0 Å². The summed E-state index contributed by atoms with van der Waals surface area (Å²) in [6.45, 7) is 2.63. The van der Waals surface area contributed by atoms with Crippen molar-refractivity contribution in [1.29, 1.82) is 0 Å². The summed E-state index contributed by atoms with van der Waals surface area (Å²) in [5.74, 6) is 0.880. The highest BCUT2D eigenvalue weighted by Gasteiger charge is 2.31. The van der Waals surface area contributed by atoms with Gasteiger partial charge in [-0.1, -0.05) is 0 Å². The zero-order chi connectivity index (χ0) is 15.8. The van der Waals surface area contributed by atoms with Crippen molar-refractivity contribution in [2.24, 2.45) is 0 Å². The Labute approximate surface area is 135 Å². The minimum absolute atomic E-state index is 0.0691. The molecular formula is C15H23N3O3S. The van der Waals surface area contributed by atoms with E-state index in [0.717, 1.165) is 24.3 Å². The Hall–Kier alpha value is -1.47. The van der Waals surface area contributed by atoms with E-state index in [0.29, 0.717) is 19.6 Å². The maximum atomic E-state index is 12.1. The number of amides is 2. The van der Waals surface area contributed by atoms with Crippen molar-refractivity contribution in [3.05, 3.63) is 24.2 Å². The Bertz CT molecular complexity index is 478. The van der Waals surface area contributed by atoms with Crippen molar-refractivity contribution in [2.45, 2.75) is 25.4 Å². The van der Waals surface area contributed by atoms with Crippen molar-refractivity contribution in [3.8, 4) is 0 Å². The average Bonchev–Trinajstić information content (AvgIpc) is 3.00. The third kappa shape index (κ3) is 5.06. The monoisotopic (exact) mass is 325 g/mol. The molecule has 1 aromatic heterocycles. The Morgan fingerprint density at radius 2 is 2.45 bits per heavy atom. The van der Waals surface area contributed by atoms with Crippen molar-refractivity contribution in [1.82, 2.24) is 15.5 Å². The van der Waals surface area contributed by atoms with E-state index in [1.165, 1.54) is 0 Å². The molecule has 0 aliphatic carbocycles. The summed E-state index contributed by atoms with van der Waals surface area (Å²) in [6, 6.07) is 1.47. The van der Waals surface area contributed by atoms with Crippen molar-refractivity contribution in [3.63, 3.8) is 0 Å². The van der Waals surface area contributed by atoms with E-state index in [9.17, 15) is 9.59 Å². The van der Waals surface area contributed by atoms with Gasteiger partial charge in [0, 0.05) is 31.7 Å². The summed E-state index contributed by atoms with van der Waals surface area (Å²) >= 11 is 1.76. The van der Waals surface area contributed by atoms with Crippen LogP contribution in [0.3, 0.4) is 0 Å². The van der Waals surface area contributed by atoms with Gasteiger partial charge < -0.3 is 15.1 Å². The van der Waals surface area contributed by atoms with Gasteiger partial charge in [-0.3, -0.25) is 14.5 Å². The Balaban J connectivity index is 1.86. The summed E-state index contributed by atoms with van der Waals surface area (Å²) < 4.78 is 5.07. The summed E-state index contributed by atoms with van der Waals surface area (Å²) in [4.78, 5) is 26.1. The second-order valence-corrected chi connectivity index (χ2v) is 6.29. The Morgan fingerprint density at radius 3 is 3.18 bits per heavy atom. The minimum atomic E-state index is -0.413. The normalized spacial score (nSPS) is 19.0. The van der Waals surface area contributed by atoms with Crippen LogP contribution in [0.5, 0.6) is 0 Å². The zero-order valence-corrected chi connectivity index (χ0v) is 13.7. The van der Waals surface area contributed by atoms with E-state index in [-0.39, 0.29) is 18.2 Å². The first kappa shape index (κ1) is 16.9. The van der Waals surface area contributed by atoms with E-state index in [1.807, 2.05) is 17.2 Å². The molecule has 0 radical (unpaired) electrons. The number of nitrogens with zero attached hydrogens (tertiary/aromatic N) is 1. The van der Waals surface area contributed by atoms with Crippen LogP contribution in [0, 0.1) is 0 Å². The van der Waals surface area contributed by atoms with Crippen LogP contribution in [0.25, 0.3) is 0 Å². The summed E-state index contributed by atoms with van der Waals surface area (Å²) in [6.07, 6.45) is 6.48. The minimum Gasteiger partial charge on any atom is -0.472 e. The van der Waals surface area contributed by atoms with Crippen LogP contribution in [-0.4, -0.2) is 54.4 Å². The number of carbonyl (C=O) groups excluding carboxylic acids is 2. The molecule has 0 saturated carbocycles. The van der Waals surface area contributed by atoms with Gasteiger partial charge in [-0.05, 0) is 24.5 Å². The molecule has 1 aliphatic heterocycles. The van der Waals surface area contributed by atoms with E-state index in [4.69, 9.17) is 4.42 Å². The zero-order valence-electron chi connectivity index (χ0n) is 12.8. The van der Waals surface area contributed by atoms with Gasteiger partial charge in [0.2, 0.25) is 11.8 Å². The first-order chi connectivity index (χ1) is 10.7. The molecule has 0 aromatic carbocycles. The SMILES string of the molecule is CSCCCNC(=O)CC1C(=O)NCCN1Cc1ccoc1. The van der Waals surface area contributed by atoms with Crippen LogP contribution in [0.4, 0.5) is 0 Å². The fraction of sp³-hybridized carbons (Fsp3) is 0.600. The maximum absolute atomic E-state index is 12.1. The van der Waals surface area contributed by atoms with Gasteiger partial charge in [0.1, 0.15) is 0 Å². The standard InChI is InChI=1S/C15H23N3O3S/c1-22-8-2-4-16-14(19)9-13-15(20)17-5-6-18(13)10-12-3-7-21-11-12/h3,7,11,13H,2,4-6,8-10H2,1H3,(H,16,19)(H,17,20). The molecule has 0 bridgehead atoms. The molecule has 1 unspecified atom stereocenters. The summed E-state index contributed by atoms with van der Waals surface area (Å²) in [5.41, 5.74) is 1.01. The highest BCUT2D eigenvalue weighted by molar-refractivity contribution is 7.98. The molecule has 2 heterocycles. The van der Waals surface area contributed by atoms with Gasteiger partial charge in [0.05, 0.1) is 25.0 Å². The van der Waals surface area contributed by atoms with Gasteiger partial charge >= 0.3 is 0 Å². The number of piperazine rings is 1. The topological polar surface area (TPSA) is 74.6 Å². The van der Waals surface area contributed by atoms with E-state index >= 15 is 0 Å². The lowest BCUT2D eigenvalue weighted by Gasteiger charge is -2.34. The molecule has 0 spiro atoms. The largest absolute Gasteiger partial charge is 0.472 e. The quantitative estimate of drug-likeness (QED) is 0.693. The molecule has 1 atom stereocenters. The van der Waals surface area contributed by atoms with Crippen LogP contribution in [-0.2, 0) is 16.1 Å². The fourth-order valence-corrected chi connectivity index (χ4v) is 2.92. The third-order valence-corrected chi connectivity index (χ3v) is 4.33. The van der Waals surface area contributed by atoms with Gasteiger partial charge in [0.25, 0.3) is 0 Å². The first-order valence-electron chi connectivity index (χ1n) is 7.49. The van der Waals surface area contributed by atoms with Crippen molar-refractivity contribution < 1.29 is 14.0 Å². The molecular weight excluding hydrogens is 302 g/mol. The van der Waals surface area contributed by atoms with Gasteiger partial charge in [0.15, 0.2) is 0 Å². The molecule has 1 saturated heterocycles. The second kappa shape index (κ2) is 8.85. The maximum Gasteiger partial charge on any atom is 0.237 e. The number of hydrogen-bond donors (Lipinski definition) is 2. The number of furan rings is 1. The Kier molecular flexibility index (Phi) is 6.79. The number of carbonyl (C=O) groups is 2. The molecule has 6 nitrogen and oxygen atoms in total. The lowest BCUT2D eigenvalue weighted by atomic mass is 10.1. The highest BCUT2D eigenvalue weighted by Crippen LogP contribution is 2.14. The highest BCUT2D eigenvalue weighted by atomic mass is 32.2. The van der Waals surface area contributed by atoms with Gasteiger partial charge in [-0.15, -0.1) is 0 Å². The van der Waals surface area contributed by atoms with E-state index < -0.39 is 6.04 Å². The predicted molar refractivity (Wildman–Crippen MR) is 86.5 cm³/mol. The number of nitrogens with one attached hydrogen (secondary N) is 2. The lowest BCUT2D eigenvalue weighted by Crippen LogP contribution is -2.56. The molecule has 122 valence electrons. The average molecular weight is 325 g/mol. The van der Waals surface area contributed by atoms with Crippen LogP contribution in [0.2, 0.25) is 0 Å². The van der Waals surface area contributed by atoms with Gasteiger partial charge in [-0.2, -0.15) is 11.8 Å². The molecule has 22 heavy (non-hydrogen) atoms. The number of thioether (sulfide) groups is 1. The number of rotatable bonds is 8. The van der Waals surface area contributed by atoms with E-state index in [2.05, 4.69) is 10.6 Å². The molecule has 2 N–H and O–H groups in total. The van der Waals surface area contributed by atoms with Crippen LogP contribution >= 0.6 is 11.8 Å². The molecule has 1 aliphatic rings. The summed E-state index contributed by atoms with van der Waals surface area (Å²) in [5, 5.41) is 5.72. The molecule has 7 heteroatoms. The van der Waals surface area contributed by atoms with E-state index in [1.54, 1.807) is 24.3 Å². The second-order valence-electron chi connectivity index (χ2n) is 5.31. The summed E-state index contributed by atoms with van der Waals surface area (Å²) in [7, 11) is 0. The Morgan fingerprint density at radius 1 is 1.59 bits per heavy atom. The predicted octanol–water partition coefficient (Wildman–Crippen LogP) is 0.839. The van der Waals surface area contributed by atoms with Crippen LogP contribution < -0.4 is 10.6 Å². The van der Waals surface area contributed by atoms with Crippen molar-refractivity contribution >= 4 is 23.6 Å². The van der Waals surface area contributed by atoms with Crippen molar-refractivity contribution in [2.75, 3.05) is 31.6 Å². The van der Waals surface area contributed by atoms with Gasteiger partial charge in [-0.25, -0.2) is 0 Å². The molecule has 1 fully saturated rings. The third-order valence-electron chi connectivity index (χ3n) is 3.63. The number of hydrogen-bond acceptors (Lipinski definition) is 5. The smallest absolute Gasteiger partial charge is 0.237 e. The van der Waals surface area contributed by atoms with Crippen LogP contribution in [0.1, 0.15) is 18.4 Å².